The Labute approximate surface area is 124 Å². The summed E-state index contributed by atoms with van der Waals surface area (Å²) in [5.74, 6) is -0.954. The summed E-state index contributed by atoms with van der Waals surface area (Å²) in [7, 11) is 1.30. The van der Waals surface area contributed by atoms with Crippen molar-refractivity contribution < 1.29 is 19.0 Å². The number of likely N-dealkylation sites (tertiary alicyclic amines) is 1. The van der Waals surface area contributed by atoms with Crippen LogP contribution in [0, 0.1) is 5.82 Å². The fraction of sp³-hybridized carbons (Fsp3) is 0.562. The van der Waals surface area contributed by atoms with Crippen LogP contribution in [0.15, 0.2) is 18.2 Å². The van der Waals surface area contributed by atoms with E-state index in [9.17, 15) is 9.18 Å². The fourth-order valence-corrected chi connectivity index (χ4v) is 2.95. The number of esters is 1. The third-order valence-electron chi connectivity index (χ3n) is 4.06. The molecule has 1 atom stereocenters. The standard InChI is InChI=1S/C16H22FNO3/c1-21-16(20)15-10-13(17)6-5-12(15)11-18-8-3-2-4-14(18)7-9-19/h5-6,10,14,19H,2-4,7-9,11H2,1H3. The Balaban J connectivity index is 2.19. The molecule has 0 amide bonds. The van der Waals surface area contributed by atoms with E-state index in [1.54, 1.807) is 6.07 Å². The minimum atomic E-state index is -0.514. The maximum atomic E-state index is 13.4. The number of hydrogen-bond donors (Lipinski definition) is 1. The van der Waals surface area contributed by atoms with Crippen LogP contribution < -0.4 is 0 Å². The first-order valence-electron chi connectivity index (χ1n) is 7.37. The van der Waals surface area contributed by atoms with E-state index in [-0.39, 0.29) is 12.2 Å². The molecule has 0 aromatic heterocycles. The van der Waals surface area contributed by atoms with Crippen LogP contribution >= 0.6 is 0 Å². The summed E-state index contributed by atoms with van der Waals surface area (Å²) in [6.45, 7) is 1.67. The van der Waals surface area contributed by atoms with Crippen LogP contribution in [0.1, 0.15) is 41.6 Å². The third-order valence-corrected chi connectivity index (χ3v) is 4.06. The molecular formula is C16H22FNO3. The number of aliphatic hydroxyl groups is 1. The molecule has 0 radical (unpaired) electrons. The summed E-state index contributed by atoms with van der Waals surface area (Å²) in [5, 5.41) is 9.17. The van der Waals surface area contributed by atoms with Crippen molar-refractivity contribution in [2.45, 2.75) is 38.3 Å². The summed E-state index contributed by atoms with van der Waals surface area (Å²) < 4.78 is 18.1. The van der Waals surface area contributed by atoms with Crippen LogP contribution in [0.2, 0.25) is 0 Å². The molecule has 1 heterocycles. The van der Waals surface area contributed by atoms with Gasteiger partial charge in [-0.2, -0.15) is 0 Å². The maximum Gasteiger partial charge on any atom is 0.338 e. The molecule has 1 aromatic carbocycles. The quantitative estimate of drug-likeness (QED) is 0.847. The monoisotopic (exact) mass is 295 g/mol. The average molecular weight is 295 g/mol. The van der Waals surface area contributed by atoms with Crippen LogP contribution in [0.5, 0.6) is 0 Å². The molecule has 1 saturated heterocycles. The molecule has 0 bridgehead atoms. The first kappa shape index (κ1) is 15.9. The minimum Gasteiger partial charge on any atom is -0.465 e. The minimum absolute atomic E-state index is 0.161. The van der Waals surface area contributed by atoms with Crippen LogP contribution in [0.3, 0.4) is 0 Å². The SMILES string of the molecule is COC(=O)c1cc(F)ccc1CN1CCCCC1CCO. The molecule has 5 heteroatoms. The van der Waals surface area contributed by atoms with E-state index >= 15 is 0 Å². The summed E-state index contributed by atoms with van der Waals surface area (Å²) in [5.41, 5.74) is 1.05. The van der Waals surface area contributed by atoms with E-state index in [0.29, 0.717) is 12.6 Å². The van der Waals surface area contributed by atoms with E-state index in [0.717, 1.165) is 37.8 Å². The van der Waals surface area contributed by atoms with Gasteiger partial charge in [0.05, 0.1) is 12.7 Å². The smallest absolute Gasteiger partial charge is 0.338 e. The second kappa shape index (κ2) is 7.52. The third kappa shape index (κ3) is 4.02. The largest absolute Gasteiger partial charge is 0.465 e. The predicted octanol–water partition coefficient (Wildman–Crippen LogP) is 2.35. The lowest BCUT2D eigenvalue weighted by Gasteiger charge is -2.35. The Morgan fingerprint density at radius 3 is 3.00 bits per heavy atom. The van der Waals surface area contributed by atoms with Gasteiger partial charge in [0.25, 0.3) is 0 Å². The summed E-state index contributed by atoms with van der Waals surface area (Å²) in [6.07, 6.45) is 4.05. The number of piperidine rings is 1. The van der Waals surface area contributed by atoms with Crippen molar-refractivity contribution in [1.29, 1.82) is 0 Å². The molecule has 1 aliphatic rings. The lowest BCUT2D eigenvalue weighted by Crippen LogP contribution is -2.39. The lowest BCUT2D eigenvalue weighted by atomic mass is 9.97. The van der Waals surface area contributed by atoms with Gasteiger partial charge in [-0.3, -0.25) is 4.90 Å². The van der Waals surface area contributed by atoms with Crippen molar-refractivity contribution in [3.05, 3.63) is 35.1 Å². The van der Waals surface area contributed by atoms with Gasteiger partial charge in [-0.15, -0.1) is 0 Å². The first-order chi connectivity index (χ1) is 10.2. The van der Waals surface area contributed by atoms with Crippen LogP contribution in [0.25, 0.3) is 0 Å². The molecule has 1 N–H and O–H groups in total. The van der Waals surface area contributed by atoms with Gasteiger partial charge in [-0.25, -0.2) is 9.18 Å². The number of benzene rings is 1. The molecule has 1 unspecified atom stereocenters. The van der Waals surface area contributed by atoms with Crippen molar-refractivity contribution in [2.75, 3.05) is 20.3 Å². The second-order valence-electron chi connectivity index (χ2n) is 5.43. The van der Waals surface area contributed by atoms with E-state index in [4.69, 9.17) is 9.84 Å². The molecule has 1 aromatic rings. The van der Waals surface area contributed by atoms with Crippen molar-refractivity contribution in [3.63, 3.8) is 0 Å². The Bertz CT molecular complexity index is 490. The molecule has 0 aliphatic carbocycles. The molecule has 0 saturated carbocycles. The number of carbonyl (C=O) groups excluding carboxylic acids is 1. The number of carbonyl (C=O) groups is 1. The maximum absolute atomic E-state index is 13.4. The second-order valence-corrected chi connectivity index (χ2v) is 5.43. The van der Waals surface area contributed by atoms with Crippen LogP contribution in [0.4, 0.5) is 4.39 Å². The Morgan fingerprint density at radius 1 is 1.48 bits per heavy atom. The molecule has 1 aliphatic heterocycles. The highest BCUT2D eigenvalue weighted by Gasteiger charge is 2.24. The van der Waals surface area contributed by atoms with E-state index < -0.39 is 11.8 Å². The fourth-order valence-electron chi connectivity index (χ4n) is 2.95. The zero-order valence-electron chi connectivity index (χ0n) is 12.3. The summed E-state index contributed by atoms with van der Waals surface area (Å²) >= 11 is 0. The van der Waals surface area contributed by atoms with Crippen LogP contribution in [-0.4, -0.2) is 42.3 Å². The molecule has 116 valence electrons. The topological polar surface area (TPSA) is 49.8 Å². The van der Waals surface area contributed by atoms with Gasteiger partial charge in [0.2, 0.25) is 0 Å². The molecule has 1 fully saturated rings. The van der Waals surface area contributed by atoms with Gasteiger partial charge in [-0.1, -0.05) is 12.5 Å². The average Bonchev–Trinajstić information content (AvgIpc) is 2.50. The Morgan fingerprint density at radius 2 is 2.29 bits per heavy atom. The molecule has 0 spiro atoms. The van der Waals surface area contributed by atoms with Crippen molar-refractivity contribution in [2.24, 2.45) is 0 Å². The Kier molecular flexibility index (Phi) is 5.70. The van der Waals surface area contributed by atoms with Crippen molar-refractivity contribution >= 4 is 5.97 Å². The number of hydrogen-bond acceptors (Lipinski definition) is 4. The van der Waals surface area contributed by atoms with Gasteiger partial charge in [0, 0.05) is 19.2 Å². The Hall–Kier alpha value is -1.46. The summed E-state index contributed by atoms with van der Waals surface area (Å²) in [4.78, 5) is 14.1. The van der Waals surface area contributed by atoms with E-state index in [1.165, 1.54) is 19.2 Å². The van der Waals surface area contributed by atoms with Crippen molar-refractivity contribution in [3.8, 4) is 0 Å². The van der Waals surface area contributed by atoms with Gasteiger partial charge in [-0.05, 0) is 43.5 Å². The van der Waals surface area contributed by atoms with Gasteiger partial charge < -0.3 is 9.84 Å². The number of rotatable bonds is 5. The molecular weight excluding hydrogens is 273 g/mol. The molecule has 4 nitrogen and oxygen atoms in total. The molecule has 21 heavy (non-hydrogen) atoms. The number of nitrogens with zero attached hydrogens (tertiary/aromatic N) is 1. The van der Waals surface area contributed by atoms with E-state index in [2.05, 4.69) is 4.90 Å². The van der Waals surface area contributed by atoms with E-state index in [1.807, 2.05) is 0 Å². The highest BCUT2D eigenvalue weighted by molar-refractivity contribution is 5.91. The summed E-state index contributed by atoms with van der Waals surface area (Å²) in [6, 6.07) is 4.56. The van der Waals surface area contributed by atoms with Crippen molar-refractivity contribution in [1.82, 2.24) is 4.90 Å². The van der Waals surface area contributed by atoms with Gasteiger partial charge in [0.15, 0.2) is 0 Å². The lowest BCUT2D eigenvalue weighted by molar-refractivity contribution is 0.0594. The number of ether oxygens (including phenoxy) is 1. The van der Waals surface area contributed by atoms with Crippen LogP contribution in [-0.2, 0) is 11.3 Å². The highest BCUT2D eigenvalue weighted by atomic mass is 19.1. The zero-order valence-corrected chi connectivity index (χ0v) is 12.3. The first-order valence-corrected chi connectivity index (χ1v) is 7.37. The molecule has 2 rings (SSSR count). The number of halogens is 1. The highest BCUT2D eigenvalue weighted by Crippen LogP contribution is 2.23. The number of aliphatic hydroxyl groups excluding tert-OH is 1. The number of methoxy groups -OCH3 is 1. The van der Waals surface area contributed by atoms with Gasteiger partial charge in [0.1, 0.15) is 5.82 Å². The predicted molar refractivity (Wildman–Crippen MR) is 77.5 cm³/mol. The normalized spacial score (nSPS) is 19.5. The van der Waals surface area contributed by atoms with Gasteiger partial charge >= 0.3 is 5.97 Å². The zero-order chi connectivity index (χ0) is 15.2.